The van der Waals surface area contributed by atoms with Crippen LogP contribution in [0.15, 0.2) is 30.5 Å². The number of nitrogens with zero attached hydrogens (tertiary/aromatic N) is 3. The largest absolute Gasteiger partial charge is 0.417 e. The Hall–Kier alpha value is -2.38. The molecule has 0 saturated carbocycles. The van der Waals surface area contributed by atoms with Crippen LogP contribution in [0.4, 0.5) is 13.2 Å². The molecule has 5 nitrogen and oxygen atoms in total. The second-order valence-corrected chi connectivity index (χ2v) is 5.51. The first-order valence-corrected chi connectivity index (χ1v) is 7.28. The molecule has 8 heteroatoms. The highest BCUT2D eigenvalue weighted by atomic mass is 19.4. The number of allylic oxidation sites excluding steroid dienone is 2. The fraction of sp³-hybridized carbons (Fsp3) is 0.400. The molecule has 0 radical (unpaired) electrons. The van der Waals surface area contributed by atoms with Gasteiger partial charge in [0.1, 0.15) is 0 Å². The molecule has 1 atom stereocenters. The zero-order chi connectivity index (χ0) is 16.4. The van der Waals surface area contributed by atoms with E-state index in [2.05, 4.69) is 15.5 Å². The molecule has 0 spiro atoms. The van der Waals surface area contributed by atoms with Crippen molar-refractivity contribution in [3.05, 3.63) is 41.9 Å². The van der Waals surface area contributed by atoms with Gasteiger partial charge in [-0.15, -0.1) is 10.2 Å². The molecule has 0 aliphatic heterocycles. The third kappa shape index (κ3) is 3.52. The van der Waals surface area contributed by atoms with Gasteiger partial charge in [-0.25, -0.2) is 0 Å². The van der Waals surface area contributed by atoms with Crippen molar-refractivity contribution in [1.82, 2.24) is 19.9 Å². The van der Waals surface area contributed by atoms with Crippen molar-refractivity contribution in [2.45, 2.75) is 32.0 Å². The Bertz CT molecular complexity index is 751. The molecule has 1 aliphatic carbocycles. The van der Waals surface area contributed by atoms with Crippen molar-refractivity contribution in [2.24, 2.45) is 5.92 Å². The summed E-state index contributed by atoms with van der Waals surface area (Å²) in [6.07, 6.45) is 2.87. The van der Waals surface area contributed by atoms with E-state index in [9.17, 15) is 18.0 Å². The van der Waals surface area contributed by atoms with E-state index in [1.807, 2.05) is 12.2 Å². The fourth-order valence-corrected chi connectivity index (χ4v) is 2.58. The molecule has 23 heavy (non-hydrogen) atoms. The molecule has 0 saturated heterocycles. The Morgan fingerprint density at radius 2 is 2.17 bits per heavy atom. The van der Waals surface area contributed by atoms with E-state index in [0.29, 0.717) is 12.1 Å². The predicted octanol–water partition coefficient (Wildman–Crippen LogP) is 2.72. The van der Waals surface area contributed by atoms with Gasteiger partial charge >= 0.3 is 6.18 Å². The molecule has 2 aromatic heterocycles. The number of pyridine rings is 1. The van der Waals surface area contributed by atoms with Crippen molar-refractivity contribution in [3.63, 3.8) is 0 Å². The van der Waals surface area contributed by atoms with Crippen molar-refractivity contribution >= 4 is 11.6 Å². The minimum absolute atomic E-state index is 0.0394. The molecule has 2 heterocycles. The third-order valence-corrected chi connectivity index (χ3v) is 3.80. The summed E-state index contributed by atoms with van der Waals surface area (Å²) in [5.74, 6) is 0.355. The molecule has 1 amide bonds. The highest BCUT2D eigenvalue weighted by Gasteiger charge is 2.31. The third-order valence-electron chi connectivity index (χ3n) is 3.80. The number of carbonyl (C=O) groups excluding carboxylic acids is 1. The average molecular weight is 324 g/mol. The number of carbonyl (C=O) groups is 1. The molecule has 1 unspecified atom stereocenters. The summed E-state index contributed by atoms with van der Waals surface area (Å²) in [7, 11) is 0. The van der Waals surface area contributed by atoms with E-state index in [1.165, 1.54) is 10.5 Å². The van der Waals surface area contributed by atoms with Crippen LogP contribution >= 0.6 is 0 Å². The topological polar surface area (TPSA) is 59.3 Å². The van der Waals surface area contributed by atoms with Crippen LogP contribution < -0.4 is 5.32 Å². The van der Waals surface area contributed by atoms with Gasteiger partial charge in [0.2, 0.25) is 5.91 Å². The lowest BCUT2D eigenvalue weighted by molar-refractivity contribution is -0.137. The Labute approximate surface area is 130 Å². The number of fused-ring (bicyclic) bond motifs is 1. The van der Waals surface area contributed by atoms with E-state index >= 15 is 0 Å². The van der Waals surface area contributed by atoms with Gasteiger partial charge < -0.3 is 5.32 Å². The molecule has 1 N–H and O–H groups in total. The van der Waals surface area contributed by atoms with Gasteiger partial charge in [-0.1, -0.05) is 12.2 Å². The second kappa shape index (κ2) is 6.02. The monoisotopic (exact) mass is 324 g/mol. The van der Waals surface area contributed by atoms with Crippen LogP contribution in [0.2, 0.25) is 0 Å². The molecular formula is C15H15F3N4O. The summed E-state index contributed by atoms with van der Waals surface area (Å²) >= 11 is 0. The van der Waals surface area contributed by atoms with E-state index in [-0.39, 0.29) is 24.2 Å². The van der Waals surface area contributed by atoms with Crippen LogP contribution in [0.25, 0.3) is 5.65 Å². The molecule has 0 aromatic carbocycles. The Morgan fingerprint density at radius 3 is 2.87 bits per heavy atom. The number of amides is 1. The molecule has 0 fully saturated rings. The quantitative estimate of drug-likeness (QED) is 0.880. The minimum atomic E-state index is -4.44. The smallest absolute Gasteiger partial charge is 0.349 e. The molecule has 0 bridgehead atoms. The second-order valence-electron chi connectivity index (χ2n) is 5.51. The summed E-state index contributed by atoms with van der Waals surface area (Å²) in [4.78, 5) is 11.9. The number of rotatable bonds is 4. The van der Waals surface area contributed by atoms with Gasteiger partial charge in [-0.3, -0.25) is 9.20 Å². The van der Waals surface area contributed by atoms with Crippen LogP contribution in [0.3, 0.4) is 0 Å². The van der Waals surface area contributed by atoms with E-state index < -0.39 is 11.7 Å². The van der Waals surface area contributed by atoms with Crippen LogP contribution in [-0.2, 0) is 17.5 Å². The van der Waals surface area contributed by atoms with Crippen LogP contribution in [0.1, 0.15) is 30.7 Å². The number of alkyl halides is 3. The summed E-state index contributed by atoms with van der Waals surface area (Å²) in [6, 6.07) is 2.21. The van der Waals surface area contributed by atoms with Crippen molar-refractivity contribution in [3.8, 4) is 0 Å². The first-order chi connectivity index (χ1) is 10.9. The number of aromatic nitrogens is 3. The number of hydrogen-bond acceptors (Lipinski definition) is 3. The molecule has 1 aliphatic rings. The number of nitrogens with one attached hydrogen (secondary N) is 1. The molecule has 2 aromatic rings. The molecular weight excluding hydrogens is 309 g/mol. The van der Waals surface area contributed by atoms with Gasteiger partial charge in [0, 0.05) is 12.6 Å². The first-order valence-electron chi connectivity index (χ1n) is 7.28. The SMILES string of the molecule is O=C(CC1C=CCC1)NCc1nnc2ccc(C(F)(F)F)cn12. The van der Waals surface area contributed by atoms with Gasteiger partial charge in [-0.2, -0.15) is 13.2 Å². The zero-order valence-corrected chi connectivity index (χ0v) is 12.2. The average Bonchev–Trinajstić information content (AvgIpc) is 3.13. The summed E-state index contributed by atoms with van der Waals surface area (Å²) in [5.41, 5.74) is -0.477. The summed E-state index contributed by atoms with van der Waals surface area (Å²) in [6.45, 7) is 0.0394. The maximum absolute atomic E-state index is 12.8. The lowest BCUT2D eigenvalue weighted by atomic mass is 10.1. The van der Waals surface area contributed by atoms with Gasteiger partial charge in [-0.05, 0) is 30.9 Å². The van der Waals surface area contributed by atoms with E-state index in [1.54, 1.807) is 0 Å². The van der Waals surface area contributed by atoms with Crippen LogP contribution in [-0.4, -0.2) is 20.5 Å². The van der Waals surface area contributed by atoms with Crippen molar-refractivity contribution in [1.29, 1.82) is 0 Å². The number of hydrogen-bond donors (Lipinski definition) is 1. The normalized spacial score (nSPS) is 17.8. The highest BCUT2D eigenvalue weighted by molar-refractivity contribution is 5.76. The summed E-state index contributed by atoms with van der Waals surface area (Å²) in [5, 5.41) is 10.3. The highest BCUT2D eigenvalue weighted by Crippen LogP contribution is 2.29. The Morgan fingerprint density at radius 1 is 1.35 bits per heavy atom. The molecule has 3 rings (SSSR count). The van der Waals surface area contributed by atoms with Crippen molar-refractivity contribution < 1.29 is 18.0 Å². The van der Waals surface area contributed by atoms with Crippen molar-refractivity contribution in [2.75, 3.05) is 0 Å². The Kier molecular flexibility index (Phi) is 4.06. The molecule has 122 valence electrons. The first kappa shape index (κ1) is 15.5. The standard InChI is InChI=1S/C15H15F3N4O/c16-15(17,18)11-5-6-12-20-21-13(22(12)9-11)8-19-14(23)7-10-3-1-2-4-10/h1,3,5-6,9-10H,2,4,7-8H2,(H,19,23). The maximum atomic E-state index is 12.8. The van der Waals surface area contributed by atoms with Gasteiger partial charge in [0.15, 0.2) is 11.5 Å². The fourth-order valence-electron chi connectivity index (χ4n) is 2.58. The minimum Gasteiger partial charge on any atom is -0.349 e. The Balaban J connectivity index is 1.70. The van der Waals surface area contributed by atoms with Crippen LogP contribution in [0.5, 0.6) is 0 Å². The lowest BCUT2D eigenvalue weighted by Gasteiger charge is -2.09. The van der Waals surface area contributed by atoms with E-state index in [4.69, 9.17) is 0 Å². The number of halogens is 3. The predicted molar refractivity (Wildman–Crippen MR) is 76.3 cm³/mol. The lowest BCUT2D eigenvalue weighted by Crippen LogP contribution is -2.25. The maximum Gasteiger partial charge on any atom is 0.417 e. The summed E-state index contributed by atoms with van der Waals surface area (Å²) < 4.78 is 39.5. The van der Waals surface area contributed by atoms with Gasteiger partial charge in [0.25, 0.3) is 0 Å². The van der Waals surface area contributed by atoms with E-state index in [0.717, 1.165) is 25.1 Å². The zero-order valence-electron chi connectivity index (χ0n) is 12.2. The van der Waals surface area contributed by atoms with Gasteiger partial charge in [0.05, 0.1) is 12.1 Å². The van der Waals surface area contributed by atoms with Crippen LogP contribution in [0, 0.1) is 5.92 Å².